The highest BCUT2D eigenvalue weighted by molar-refractivity contribution is 5.88. The van der Waals surface area contributed by atoms with Crippen LogP contribution in [0.2, 0.25) is 0 Å². The largest absolute Gasteiger partial charge is 0.375 e. The van der Waals surface area contributed by atoms with E-state index in [1.54, 1.807) is 13.2 Å². The number of fused-ring (bicyclic) bond motifs is 1. The molecule has 2 fully saturated rings. The van der Waals surface area contributed by atoms with Gasteiger partial charge in [0.25, 0.3) is 0 Å². The highest BCUT2D eigenvalue weighted by Gasteiger charge is 2.34. The van der Waals surface area contributed by atoms with E-state index in [1.807, 2.05) is 18.9 Å². The minimum absolute atomic E-state index is 0.0301. The maximum Gasteiger partial charge on any atom is 0.248 e. The van der Waals surface area contributed by atoms with E-state index in [9.17, 15) is 14.0 Å². The third-order valence-corrected chi connectivity index (χ3v) is 7.61. The average Bonchev–Trinajstić information content (AvgIpc) is 3.45. The Morgan fingerprint density at radius 1 is 1.30 bits per heavy atom. The van der Waals surface area contributed by atoms with Crippen LogP contribution >= 0.6 is 0 Å². The predicted molar refractivity (Wildman–Crippen MR) is 126 cm³/mol. The summed E-state index contributed by atoms with van der Waals surface area (Å²) in [5, 5.41) is 6.47. The van der Waals surface area contributed by atoms with Crippen molar-refractivity contribution >= 4 is 17.5 Å². The number of aryl methyl sites for hydroxylation is 1. The molecule has 1 aromatic rings. The molecule has 1 saturated heterocycles. The zero-order valence-corrected chi connectivity index (χ0v) is 20.0. The molecule has 8 heteroatoms. The number of likely N-dealkylation sites (N-methyl/N-ethyl adjacent to an activating group) is 1. The standard InChI is InChI=1S/C25H37FN4O3/c1-16-7-8-21(26)20-12-22(28-24(16)20)25(32)27-18-6-4-5-17(11-18)13-30-10-9-19(14-30)29(2)23(31)15-33-3/h7-8,17-19,22,28H,4-6,9-15H2,1-3H3,(H,27,32)/t17-,18+,19?,22?/m0/s1. The van der Waals surface area contributed by atoms with Gasteiger partial charge >= 0.3 is 0 Å². The number of nitrogens with one attached hydrogen (secondary N) is 2. The van der Waals surface area contributed by atoms with E-state index in [0.717, 1.165) is 56.6 Å². The van der Waals surface area contributed by atoms with Crippen LogP contribution < -0.4 is 10.6 Å². The molecule has 182 valence electrons. The van der Waals surface area contributed by atoms with Crippen molar-refractivity contribution in [1.29, 1.82) is 0 Å². The van der Waals surface area contributed by atoms with Crippen LogP contribution in [0.5, 0.6) is 0 Å². The molecular formula is C25H37FN4O3. The number of carbonyl (C=O) groups is 2. The first-order chi connectivity index (χ1) is 15.9. The summed E-state index contributed by atoms with van der Waals surface area (Å²) in [6, 6.07) is 3.23. The molecular weight excluding hydrogens is 423 g/mol. The highest BCUT2D eigenvalue weighted by atomic mass is 19.1. The first-order valence-electron chi connectivity index (χ1n) is 12.2. The second-order valence-corrected chi connectivity index (χ2v) is 10.00. The fourth-order valence-electron chi connectivity index (χ4n) is 5.71. The average molecular weight is 461 g/mol. The number of anilines is 1. The van der Waals surface area contributed by atoms with E-state index in [1.165, 1.54) is 12.5 Å². The number of methoxy groups -OCH3 is 1. The van der Waals surface area contributed by atoms with Gasteiger partial charge in [0, 0.05) is 63.5 Å². The minimum atomic E-state index is -0.407. The molecule has 0 aromatic heterocycles. The summed E-state index contributed by atoms with van der Waals surface area (Å²) in [7, 11) is 3.41. The Balaban J connectivity index is 1.25. The number of nitrogens with zero attached hydrogens (tertiary/aromatic N) is 2. The summed E-state index contributed by atoms with van der Waals surface area (Å²) in [5.74, 6) is 0.295. The number of ether oxygens (including phenoxy) is 1. The molecule has 1 saturated carbocycles. The lowest BCUT2D eigenvalue weighted by Gasteiger charge is -2.33. The highest BCUT2D eigenvalue weighted by Crippen LogP contribution is 2.32. The fraction of sp³-hybridized carbons (Fsp3) is 0.680. The van der Waals surface area contributed by atoms with E-state index < -0.39 is 6.04 Å². The van der Waals surface area contributed by atoms with Gasteiger partial charge in [0.05, 0.1) is 0 Å². The third kappa shape index (κ3) is 5.49. The summed E-state index contributed by atoms with van der Waals surface area (Å²) in [5.41, 5.74) is 2.36. The number of amides is 2. The number of hydrogen-bond acceptors (Lipinski definition) is 5. The number of benzene rings is 1. The van der Waals surface area contributed by atoms with E-state index >= 15 is 0 Å². The van der Waals surface area contributed by atoms with Gasteiger partial charge in [-0.2, -0.15) is 0 Å². The Labute approximate surface area is 196 Å². The number of halogens is 1. The van der Waals surface area contributed by atoms with Crippen molar-refractivity contribution in [1.82, 2.24) is 15.1 Å². The van der Waals surface area contributed by atoms with Crippen molar-refractivity contribution in [2.45, 2.75) is 63.6 Å². The number of rotatable bonds is 7. The summed E-state index contributed by atoms with van der Waals surface area (Å²) < 4.78 is 19.1. The topological polar surface area (TPSA) is 73.9 Å². The third-order valence-electron chi connectivity index (χ3n) is 7.61. The Bertz CT molecular complexity index is 848. The summed E-state index contributed by atoms with van der Waals surface area (Å²) in [4.78, 5) is 29.3. The SMILES string of the molecule is COCC(=O)N(C)C1CCN(C[C@H]2CCC[C@@H](NC(=O)C3Cc4c(F)ccc(C)c4N3)C2)C1. The molecule has 0 spiro atoms. The smallest absolute Gasteiger partial charge is 0.248 e. The fourth-order valence-corrected chi connectivity index (χ4v) is 5.71. The monoisotopic (exact) mass is 460 g/mol. The Morgan fingerprint density at radius 2 is 2.12 bits per heavy atom. The molecule has 33 heavy (non-hydrogen) atoms. The van der Waals surface area contributed by atoms with E-state index in [2.05, 4.69) is 15.5 Å². The van der Waals surface area contributed by atoms with Gasteiger partial charge in [0.15, 0.2) is 0 Å². The lowest BCUT2D eigenvalue weighted by molar-refractivity contribution is -0.135. The molecule has 2 aliphatic heterocycles. The number of hydrogen-bond donors (Lipinski definition) is 2. The molecule has 1 aromatic carbocycles. The van der Waals surface area contributed by atoms with Gasteiger partial charge in [-0.25, -0.2) is 4.39 Å². The van der Waals surface area contributed by atoms with Crippen LogP contribution in [0.15, 0.2) is 12.1 Å². The van der Waals surface area contributed by atoms with Gasteiger partial charge in [-0.15, -0.1) is 0 Å². The number of likely N-dealkylation sites (tertiary alicyclic amines) is 1. The van der Waals surface area contributed by atoms with Gasteiger partial charge in [0.1, 0.15) is 18.5 Å². The zero-order chi connectivity index (χ0) is 23.5. The summed E-state index contributed by atoms with van der Waals surface area (Å²) >= 11 is 0. The van der Waals surface area contributed by atoms with Gasteiger partial charge in [0.2, 0.25) is 11.8 Å². The van der Waals surface area contributed by atoms with Crippen molar-refractivity contribution in [2.75, 3.05) is 45.7 Å². The van der Waals surface area contributed by atoms with Crippen molar-refractivity contribution in [2.24, 2.45) is 5.92 Å². The Hall–Kier alpha value is -2.19. The molecule has 0 bridgehead atoms. The van der Waals surface area contributed by atoms with Crippen molar-refractivity contribution in [3.8, 4) is 0 Å². The van der Waals surface area contributed by atoms with Gasteiger partial charge in [-0.1, -0.05) is 12.5 Å². The molecule has 2 amide bonds. The van der Waals surface area contributed by atoms with Gasteiger partial charge in [-0.3, -0.25) is 9.59 Å². The first kappa shape index (κ1) is 24.0. The lowest BCUT2D eigenvalue weighted by Crippen LogP contribution is -2.46. The Morgan fingerprint density at radius 3 is 2.88 bits per heavy atom. The van der Waals surface area contributed by atoms with Gasteiger partial charge < -0.3 is 25.2 Å². The lowest BCUT2D eigenvalue weighted by atomic mass is 9.85. The van der Waals surface area contributed by atoms with Crippen LogP contribution in [0, 0.1) is 18.7 Å². The van der Waals surface area contributed by atoms with Crippen molar-refractivity contribution in [3.05, 3.63) is 29.1 Å². The molecule has 1 aliphatic carbocycles. The van der Waals surface area contributed by atoms with Crippen LogP contribution in [0.25, 0.3) is 0 Å². The minimum Gasteiger partial charge on any atom is -0.375 e. The number of carbonyl (C=O) groups excluding carboxylic acids is 2. The molecule has 3 aliphatic rings. The van der Waals surface area contributed by atoms with Crippen molar-refractivity contribution in [3.63, 3.8) is 0 Å². The summed E-state index contributed by atoms with van der Waals surface area (Å²) in [6.07, 6.45) is 5.62. The van der Waals surface area contributed by atoms with E-state index in [4.69, 9.17) is 4.74 Å². The van der Waals surface area contributed by atoms with Crippen molar-refractivity contribution < 1.29 is 18.7 Å². The second kappa shape index (κ2) is 10.4. The maximum atomic E-state index is 14.2. The zero-order valence-electron chi connectivity index (χ0n) is 20.0. The van der Waals surface area contributed by atoms with Crippen LogP contribution in [-0.4, -0.2) is 80.1 Å². The maximum absolute atomic E-state index is 14.2. The van der Waals surface area contributed by atoms with E-state index in [-0.39, 0.29) is 36.3 Å². The second-order valence-electron chi connectivity index (χ2n) is 10.00. The van der Waals surface area contributed by atoms with Crippen LogP contribution in [-0.2, 0) is 20.7 Å². The van der Waals surface area contributed by atoms with Gasteiger partial charge in [-0.05, 0) is 50.2 Å². The van der Waals surface area contributed by atoms with E-state index in [0.29, 0.717) is 17.9 Å². The predicted octanol–water partition coefficient (Wildman–Crippen LogP) is 2.32. The molecule has 0 radical (unpaired) electrons. The Kier molecular flexibility index (Phi) is 7.54. The quantitative estimate of drug-likeness (QED) is 0.653. The first-order valence-corrected chi connectivity index (χ1v) is 12.2. The molecule has 7 nitrogen and oxygen atoms in total. The molecule has 4 rings (SSSR count). The molecule has 2 N–H and O–H groups in total. The van der Waals surface area contributed by atoms with Crippen LogP contribution in [0.1, 0.15) is 43.2 Å². The normalized spacial score (nSPS) is 27.2. The molecule has 2 heterocycles. The summed E-state index contributed by atoms with van der Waals surface area (Å²) in [6.45, 7) is 4.97. The van der Waals surface area contributed by atoms with Crippen LogP contribution in [0.3, 0.4) is 0 Å². The molecule has 2 unspecified atom stereocenters. The molecule has 4 atom stereocenters. The van der Waals surface area contributed by atoms with Crippen LogP contribution in [0.4, 0.5) is 10.1 Å².